The molecule has 0 fully saturated rings. The number of aryl methyl sites for hydroxylation is 1. The highest BCUT2D eigenvalue weighted by Gasteiger charge is 2.28. The fraction of sp³-hybridized carbons (Fsp3) is 0.304. The molecule has 0 radical (unpaired) electrons. The number of rotatable bonds is 6. The minimum absolute atomic E-state index is 0.0240. The average Bonchev–Trinajstić information content (AvgIpc) is 2.74. The van der Waals surface area contributed by atoms with E-state index in [9.17, 15) is 14.4 Å². The number of Topliss-reactive ketones (excluding diaryl/α,β-unsaturated/α-hetero) is 1. The maximum atomic E-state index is 12.8. The number of H-pyrrole nitrogens is 1. The molecule has 7 heteroatoms. The highest BCUT2D eigenvalue weighted by atomic mass is 16.5. The number of hydrogen-bond acceptors (Lipinski definition) is 5. The molecule has 1 N–H and O–H groups in total. The van der Waals surface area contributed by atoms with Crippen molar-refractivity contribution in [1.29, 1.82) is 0 Å². The van der Waals surface area contributed by atoms with Crippen LogP contribution in [0.3, 0.4) is 0 Å². The molecule has 1 aromatic carbocycles. The van der Waals surface area contributed by atoms with Gasteiger partial charge in [-0.2, -0.15) is 0 Å². The molecule has 0 aliphatic heterocycles. The zero-order valence-electron chi connectivity index (χ0n) is 16.8. The topological polar surface area (TPSA) is 94.1 Å². The monoisotopic (exact) mass is 405 g/mol. The number of pyridine rings is 1. The van der Waals surface area contributed by atoms with Gasteiger partial charge in [-0.3, -0.25) is 19.1 Å². The molecule has 4 rings (SSSR count). The number of aromatic nitrogens is 3. The Labute approximate surface area is 173 Å². The van der Waals surface area contributed by atoms with Crippen LogP contribution in [0.4, 0.5) is 0 Å². The van der Waals surface area contributed by atoms with Gasteiger partial charge >= 0.3 is 5.69 Å². The lowest BCUT2D eigenvalue weighted by Gasteiger charge is -2.22. The predicted octanol–water partition coefficient (Wildman–Crippen LogP) is 2.58. The van der Waals surface area contributed by atoms with Crippen molar-refractivity contribution in [3.63, 3.8) is 0 Å². The number of methoxy groups -OCH3 is 1. The van der Waals surface area contributed by atoms with Gasteiger partial charge in [0.25, 0.3) is 5.56 Å². The first kappa shape index (κ1) is 20.0. The Kier molecular flexibility index (Phi) is 5.72. The van der Waals surface area contributed by atoms with Crippen molar-refractivity contribution in [2.45, 2.75) is 25.8 Å². The van der Waals surface area contributed by atoms with E-state index in [2.05, 4.69) is 9.97 Å². The molecular weight excluding hydrogens is 382 g/mol. The predicted molar refractivity (Wildman–Crippen MR) is 115 cm³/mol. The van der Waals surface area contributed by atoms with Gasteiger partial charge in [0.1, 0.15) is 5.65 Å². The number of fused-ring (bicyclic) bond motifs is 3. The largest absolute Gasteiger partial charge is 0.385 e. The number of nitrogens with zero attached hydrogens (tertiary/aromatic N) is 2. The summed E-state index contributed by atoms with van der Waals surface area (Å²) in [6.07, 6.45) is 7.04. The lowest BCUT2D eigenvalue weighted by molar-refractivity contribution is 0.0959. The number of aromatic amines is 1. The van der Waals surface area contributed by atoms with E-state index >= 15 is 0 Å². The smallest absolute Gasteiger partial charge is 0.329 e. The van der Waals surface area contributed by atoms with Gasteiger partial charge in [0.2, 0.25) is 0 Å². The number of carbonyl (C=O) groups excluding carboxylic acids is 1. The minimum atomic E-state index is -0.501. The second-order valence-corrected chi connectivity index (χ2v) is 7.47. The summed E-state index contributed by atoms with van der Waals surface area (Å²) in [6.45, 7) is 0.861. The van der Waals surface area contributed by atoms with Crippen molar-refractivity contribution in [2.24, 2.45) is 5.92 Å². The number of nitrogens with one attached hydrogen (secondary N) is 1. The summed E-state index contributed by atoms with van der Waals surface area (Å²) in [7, 11) is 1.59. The molecule has 0 saturated heterocycles. The van der Waals surface area contributed by atoms with Gasteiger partial charge in [-0.05, 0) is 29.9 Å². The third kappa shape index (κ3) is 3.89. The Hall–Kier alpha value is -3.32. The molecule has 2 aromatic heterocycles. The summed E-state index contributed by atoms with van der Waals surface area (Å²) in [5.41, 5.74) is 1.51. The summed E-state index contributed by atoms with van der Waals surface area (Å²) in [5, 5.41) is 0.329. The zero-order valence-corrected chi connectivity index (χ0v) is 16.8. The minimum Gasteiger partial charge on any atom is -0.385 e. The standard InChI is InChI=1S/C23H23N3O4/c1-30-11-5-10-26-21-20(22(28)25-23(26)29)17-12-16(13-19(27)18(17)14-24-21)9-8-15-6-3-2-4-7-15/h2-4,6-9,14,16H,5,10-13H2,1H3,(H,25,28,29)/b9-8+. The third-order valence-corrected chi connectivity index (χ3v) is 5.42. The number of ether oxygens (including phenoxy) is 1. The van der Waals surface area contributed by atoms with Crippen LogP contribution in [0, 0.1) is 5.92 Å². The van der Waals surface area contributed by atoms with Gasteiger partial charge in [-0.25, -0.2) is 9.78 Å². The Morgan fingerprint density at radius 3 is 2.77 bits per heavy atom. The SMILES string of the molecule is COCCCn1c(=O)[nH]c(=O)c2c3c(cnc21)C(=O)CC(/C=C/c1ccccc1)C3. The molecule has 3 aromatic rings. The summed E-state index contributed by atoms with van der Waals surface area (Å²) < 4.78 is 6.51. The summed E-state index contributed by atoms with van der Waals surface area (Å²) in [5.74, 6) is -0.0611. The maximum absolute atomic E-state index is 12.8. The van der Waals surface area contributed by atoms with Crippen LogP contribution < -0.4 is 11.2 Å². The molecule has 0 saturated carbocycles. The number of ketones is 1. The van der Waals surface area contributed by atoms with Crippen LogP contribution in [-0.4, -0.2) is 34.0 Å². The number of hydrogen-bond donors (Lipinski definition) is 1. The van der Waals surface area contributed by atoms with Gasteiger partial charge in [0.05, 0.1) is 5.39 Å². The number of carbonyl (C=O) groups is 1. The Bertz CT molecular complexity index is 1220. The van der Waals surface area contributed by atoms with Crippen molar-refractivity contribution in [2.75, 3.05) is 13.7 Å². The zero-order chi connectivity index (χ0) is 21.1. The van der Waals surface area contributed by atoms with Crippen molar-refractivity contribution < 1.29 is 9.53 Å². The van der Waals surface area contributed by atoms with Crippen LogP contribution in [0.25, 0.3) is 17.1 Å². The molecule has 30 heavy (non-hydrogen) atoms. The van der Waals surface area contributed by atoms with E-state index in [1.54, 1.807) is 7.11 Å². The van der Waals surface area contributed by atoms with Crippen molar-refractivity contribution in [1.82, 2.24) is 14.5 Å². The van der Waals surface area contributed by atoms with Gasteiger partial charge in [0.15, 0.2) is 5.78 Å². The van der Waals surface area contributed by atoms with Gasteiger partial charge < -0.3 is 4.74 Å². The first-order valence-electron chi connectivity index (χ1n) is 9.98. The lowest BCUT2D eigenvalue weighted by Crippen LogP contribution is -2.33. The van der Waals surface area contributed by atoms with Gasteiger partial charge in [-0.1, -0.05) is 42.5 Å². The first-order chi connectivity index (χ1) is 14.6. The Morgan fingerprint density at radius 2 is 2.00 bits per heavy atom. The van der Waals surface area contributed by atoms with Crippen LogP contribution in [0.2, 0.25) is 0 Å². The highest BCUT2D eigenvalue weighted by Crippen LogP contribution is 2.30. The molecule has 1 aliphatic carbocycles. The first-order valence-corrected chi connectivity index (χ1v) is 9.98. The Morgan fingerprint density at radius 1 is 1.20 bits per heavy atom. The van der Waals surface area contributed by atoms with E-state index in [0.29, 0.717) is 54.6 Å². The normalized spacial score (nSPS) is 16.3. The second kappa shape index (κ2) is 8.59. The molecule has 1 aliphatic rings. The molecule has 0 amide bonds. The van der Waals surface area contributed by atoms with Crippen molar-refractivity contribution in [3.05, 3.63) is 80.1 Å². The fourth-order valence-corrected chi connectivity index (χ4v) is 3.96. The molecule has 7 nitrogen and oxygen atoms in total. The fourth-order valence-electron chi connectivity index (χ4n) is 3.96. The average molecular weight is 405 g/mol. The Balaban J connectivity index is 1.76. The van der Waals surface area contributed by atoms with Crippen molar-refractivity contribution >= 4 is 22.9 Å². The molecule has 0 bridgehead atoms. The van der Waals surface area contributed by atoms with Crippen LogP contribution in [-0.2, 0) is 17.7 Å². The molecule has 2 heterocycles. The van der Waals surface area contributed by atoms with Crippen LogP contribution in [0.15, 0.2) is 52.2 Å². The summed E-state index contributed by atoms with van der Waals surface area (Å²) in [6, 6.07) is 9.87. The molecule has 1 atom stereocenters. The lowest BCUT2D eigenvalue weighted by atomic mass is 9.82. The van der Waals surface area contributed by atoms with E-state index in [1.807, 2.05) is 42.5 Å². The molecule has 1 unspecified atom stereocenters. The second-order valence-electron chi connectivity index (χ2n) is 7.47. The third-order valence-electron chi connectivity index (χ3n) is 5.42. The van der Waals surface area contributed by atoms with E-state index in [0.717, 1.165) is 5.56 Å². The molecule has 0 spiro atoms. The summed E-state index contributed by atoms with van der Waals surface area (Å²) in [4.78, 5) is 44.5. The molecule has 154 valence electrons. The number of allylic oxidation sites excluding steroid dienone is 1. The number of benzene rings is 1. The van der Waals surface area contributed by atoms with E-state index < -0.39 is 11.2 Å². The van der Waals surface area contributed by atoms with Crippen LogP contribution in [0.5, 0.6) is 0 Å². The van der Waals surface area contributed by atoms with E-state index in [4.69, 9.17) is 4.74 Å². The highest BCUT2D eigenvalue weighted by molar-refractivity contribution is 6.02. The van der Waals surface area contributed by atoms with Crippen molar-refractivity contribution in [3.8, 4) is 0 Å². The van der Waals surface area contributed by atoms with E-state index in [-0.39, 0.29) is 11.7 Å². The quantitative estimate of drug-likeness (QED) is 0.636. The maximum Gasteiger partial charge on any atom is 0.329 e. The molecular formula is C23H23N3O4. The van der Waals surface area contributed by atoms with E-state index in [1.165, 1.54) is 10.8 Å². The summed E-state index contributed by atoms with van der Waals surface area (Å²) >= 11 is 0. The van der Waals surface area contributed by atoms with Gasteiger partial charge in [0, 0.05) is 38.4 Å². The van der Waals surface area contributed by atoms with Gasteiger partial charge in [-0.15, -0.1) is 0 Å². The van der Waals surface area contributed by atoms with Crippen LogP contribution >= 0.6 is 0 Å². The van der Waals surface area contributed by atoms with Crippen LogP contribution in [0.1, 0.15) is 34.3 Å².